The first-order chi connectivity index (χ1) is 13.7. The third-order valence-electron chi connectivity index (χ3n) is 5.41. The lowest BCUT2D eigenvalue weighted by molar-refractivity contribution is -0.141. The van der Waals surface area contributed by atoms with Gasteiger partial charge in [0, 0.05) is 31.7 Å². The van der Waals surface area contributed by atoms with Gasteiger partial charge in [-0.1, -0.05) is 18.2 Å². The molecular formula is C22H24N2O4. The van der Waals surface area contributed by atoms with Crippen molar-refractivity contribution < 1.29 is 19.1 Å². The highest BCUT2D eigenvalue weighted by atomic mass is 16.5. The second-order valence-electron chi connectivity index (χ2n) is 7.10. The third-order valence-corrected chi connectivity index (χ3v) is 5.41. The number of amides is 2. The molecule has 146 valence electrons. The topological polar surface area (TPSA) is 59.1 Å². The zero-order chi connectivity index (χ0) is 19.5. The Morgan fingerprint density at radius 1 is 0.964 bits per heavy atom. The van der Waals surface area contributed by atoms with Crippen molar-refractivity contribution in [1.29, 1.82) is 0 Å². The SMILES string of the molecule is COc1ccc(C(=O)N2CCN(C(=O)C3CCc4ccccc4O3)CC2)cc1. The van der Waals surface area contributed by atoms with Crippen molar-refractivity contribution in [3.05, 3.63) is 59.7 Å². The molecule has 0 aliphatic carbocycles. The van der Waals surface area contributed by atoms with Crippen molar-refractivity contribution >= 4 is 11.8 Å². The lowest BCUT2D eigenvalue weighted by atomic mass is 10.0. The van der Waals surface area contributed by atoms with Crippen LogP contribution in [-0.4, -0.2) is 61.0 Å². The van der Waals surface area contributed by atoms with Gasteiger partial charge in [0.05, 0.1) is 7.11 Å². The van der Waals surface area contributed by atoms with Crippen molar-refractivity contribution in [2.24, 2.45) is 0 Å². The summed E-state index contributed by atoms with van der Waals surface area (Å²) in [4.78, 5) is 29.1. The number of rotatable bonds is 3. The molecule has 0 N–H and O–H groups in total. The summed E-state index contributed by atoms with van der Waals surface area (Å²) in [6.45, 7) is 2.12. The molecule has 2 aliphatic rings. The summed E-state index contributed by atoms with van der Waals surface area (Å²) in [5.74, 6) is 1.53. The Morgan fingerprint density at radius 3 is 2.36 bits per heavy atom. The van der Waals surface area contributed by atoms with Crippen LogP contribution in [0.5, 0.6) is 11.5 Å². The molecule has 2 aromatic rings. The van der Waals surface area contributed by atoms with Crippen LogP contribution in [0.4, 0.5) is 0 Å². The van der Waals surface area contributed by atoms with Gasteiger partial charge < -0.3 is 19.3 Å². The molecule has 6 heteroatoms. The number of carbonyl (C=O) groups is 2. The highest BCUT2D eigenvalue weighted by Crippen LogP contribution is 2.28. The fraction of sp³-hybridized carbons (Fsp3) is 0.364. The molecule has 2 amide bonds. The van der Waals surface area contributed by atoms with E-state index in [-0.39, 0.29) is 11.8 Å². The molecular weight excluding hydrogens is 356 g/mol. The van der Waals surface area contributed by atoms with Gasteiger partial charge in [-0.3, -0.25) is 9.59 Å². The Labute approximate surface area is 164 Å². The van der Waals surface area contributed by atoms with E-state index in [1.807, 2.05) is 29.2 Å². The molecule has 6 nitrogen and oxygen atoms in total. The molecule has 1 atom stereocenters. The number of hydrogen-bond acceptors (Lipinski definition) is 4. The predicted molar refractivity (Wildman–Crippen MR) is 105 cm³/mol. The molecule has 1 unspecified atom stereocenters. The maximum Gasteiger partial charge on any atom is 0.263 e. The Hall–Kier alpha value is -3.02. The Bertz CT molecular complexity index is 857. The van der Waals surface area contributed by atoms with Crippen LogP contribution in [0.3, 0.4) is 0 Å². The number of piperazine rings is 1. The van der Waals surface area contributed by atoms with Crippen LogP contribution in [0.25, 0.3) is 0 Å². The van der Waals surface area contributed by atoms with Crippen molar-refractivity contribution in [3.63, 3.8) is 0 Å². The van der Waals surface area contributed by atoms with E-state index in [0.717, 1.165) is 23.5 Å². The number of nitrogens with zero attached hydrogens (tertiary/aromatic N) is 2. The summed E-state index contributed by atoms with van der Waals surface area (Å²) < 4.78 is 11.1. The average Bonchev–Trinajstić information content (AvgIpc) is 2.78. The van der Waals surface area contributed by atoms with Crippen molar-refractivity contribution in [3.8, 4) is 11.5 Å². The molecule has 1 fully saturated rings. The van der Waals surface area contributed by atoms with Gasteiger partial charge in [-0.25, -0.2) is 0 Å². The van der Waals surface area contributed by atoms with E-state index in [9.17, 15) is 9.59 Å². The summed E-state index contributed by atoms with van der Waals surface area (Å²) in [6.07, 6.45) is 1.11. The number of aryl methyl sites for hydroxylation is 1. The number of carbonyl (C=O) groups excluding carboxylic acids is 2. The van der Waals surface area contributed by atoms with E-state index in [4.69, 9.17) is 9.47 Å². The predicted octanol–water partition coefficient (Wildman–Crippen LogP) is 2.37. The third kappa shape index (κ3) is 3.67. The molecule has 0 radical (unpaired) electrons. The van der Waals surface area contributed by atoms with Crippen molar-refractivity contribution in [1.82, 2.24) is 9.80 Å². The molecule has 0 bridgehead atoms. The monoisotopic (exact) mass is 380 g/mol. The summed E-state index contributed by atoms with van der Waals surface area (Å²) in [7, 11) is 1.60. The van der Waals surface area contributed by atoms with Crippen LogP contribution in [-0.2, 0) is 11.2 Å². The first-order valence-electron chi connectivity index (χ1n) is 9.62. The van der Waals surface area contributed by atoms with Crippen LogP contribution < -0.4 is 9.47 Å². The molecule has 28 heavy (non-hydrogen) atoms. The summed E-state index contributed by atoms with van der Waals surface area (Å²) in [5.41, 5.74) is 1.79. The minimum atomic E-state index is -0.432. The van der Waals surface area contributed by atoms with Crippen LogP contribution >= 0.6 is 0 Å². The quantitative estimate of drug-likeness (QED) is 0.820. The van der Waals surface area contributed by atoms with Gasteiger partial charge in [0.1, 0.15) is 11.5 Å². The van der Waals surface area contributed by atoms with Gasteiger partial charge in [-0.15, -0.1) is 0 Å². The summed E-state index contributed by atoms with van der Waals surface area (Å²) in [5, 5.41) is 0. The van der Waals surface area contributed by atoms with E-state index in [1.165, 1.54) is 0 Å². The van der Waals surface area contributed by atoms with Gasteiger partial charge in [-0.2, -0.15) is 0 Å². The minimum absolute atomic E-state index is 0.0161. The van der Waals surface area contributed by atoms with Gasteiger partial charge >= 0.3 is 0 Å². The second kappa shape index (κ2) is 7.92. The van der Waals surface area contributed by atoms with Crippen LogP contribution in [0.15, 0.2) is 48.5 Å². The Kier molecular flexibility index (Phi) is 5.19. The molecule has 0 aromatic heterocycles. The molecule has 2 heterocycles. The average molecular weight is 380 g/mol. The minimum Gasteiger partial charge on any atom is -0.497 e. The fourth-order valence-corrected chi connectivity index (χ4v) is 3.75. The lowest BCUT2D eigenvalue weighted by Crippen LogP contribution is -2.54. The number of fused-ring (bicyclic) bond motifs is 1. The maximum absolute atomic E-state index is 12.9. The number of methoxy groups -OCH3 is 1. The van der Waals surface area contributed by atoms with Crippen molar-refractivity contribution in [2.45, 2.75) is 18.9 Å². The molecule has 2 aliphatic heterocycles. The van der Waals surface area contributed by atoms with Crippen LogP contribution in [0.2, 0.25) is 0 Å². The number of hydrogen-bond donors (Lipinski definition) is 0. The highest BCUT2D eigenvalue weighted by Gasteiger charge is 2.32. The van der Waals surface area contributed by atoms with Crippen molar-refractivity contribution in [2.75, 3.05) is 33.3 Å². The highest BCUT2D eigenvalue weighted by molar-refractivity contribution is 5.94. The van der Waals surface area contributed by atoms with E-state index >= 15 is 0 Å². The largest absolute Gasteiger partial charge is 0.497 e. The number of para-hydroxylation sites is 1. The first-order valence-corrected chi connectivity index (χ1v) is 9.62. The number of benzene rings is 2. The Morgan fingerprint density at radius 2 is 1.64 bits per heavy atom. The summed E-state index contributed by atoms with van der Waals surface area (Å²) in [6, 6.07) is 15.0. The van der Waals surface area contributed by atoms with Gasteiger partial charge in [0.25, 0.3) is 11.8 Å². The van der Waals surface area contributed by atoms with Gasteiger partial charge in [0.15, 0.2) is 6.10 Å². The second-order valence-corrected chi connectivity index (χ2v) is 7.10. The first kappa shape index (κ1) is 18.3. The standard InChI is InChI=1S/C22H24N2O4/c1-27-18-9-6-17(7-10-18)21(25)23-12-14-24(15-13-23)22(26)20-11-8-16-4-2-3-5-19(16)28-20/h2-7,9-10,20H,8,11-15H2,1H3. The molecule has 2 aromatic carbocycles. The summed E-state index contributed by atoms with van der Waals surface area (Å²) >= 11 is 0. The molecule has 0 saturated carbocycles. The zero-order valence-corrected chi connectivity index (χ0v) is 16.0. The van der Waals surface area contributed by atoms with E-state index in [2.05, 4.69) is 0 Å². The normalized spacial score (nSPS) is 18.8. The maximum atomic E-state index is 12.9. The molecule has 1 saturated heterocycles. The number of ether oxygens (including phenoxy) is 2. The fourth-order valence-electron chi connectivity index (χ4n) is 3.75. The van der Waals surface area contributed by atoms with E-state index in [0.29, 0.717) is 38.2 Å². The van der Waals surface area contributed by atoms with E-state index in [1.54, 1.807) is 36.3 Å². The zero-order valence-electron chi connectivity index (χ0n) is 16.0. The van der Waals surface area contributed by atoms with E-state index < -0.39 is 6.10 Å². The Balaban J connectivity index is 1.33. The lowest BCUT2D eigenvalue weighted by Gasteiger charge is -2.37. The van der Waals surface area contributed by atoms with Gasteiger partial charge in [-0.05, 0) is 48.7 Å². The molecule has 0 spiro atoms. The molecule has 4 rings (SSSR count). The smallest absolute Gasteiger partial charge is 0.263 e. The van der Waals surface area contributed by atoms with Gasteiger partial charge in [0.2, 0.25) is 0 Å². The van der Waals surface area contributed by atoms with Crippen LogP contribution in [0.1, 0.15) is 22.3 Å². The van der Waals surface area contributed by atoms with Crippen LogP contribution in [0, 0.1) is 0 Å².